The van der Waals surface area contributed by atoms with Crippen LogP contribution in [0.5, 0.6) is 0 Å². The summed E-state index contributed by atoms with van der Waals surface area (Å²) in [6.45, 7) is 18.5. The van der Waals surface area contributed by atoms with Gasteiger partial charge in [-0.1, -0.05) is 193 Å². The molecule has 2 heteroatoms. The molecule has 0 atom stereocenters. The van der Waals surface area contributed by atoms with E-state index in [0.29, 0.717) is 0 Å². The van der Waals surface area contributed by atoms with Crippen molar-refractivity contribution in [1.82, 2.24) is 0 Å². The Morgan fingerprint density at radius 2 is 0.728 bits per heavy atom. The number of anilines is 6. The largest absolute Gasteiger partial charge is 0.310 e. The summed E-state index contributed by atoms with van der Waals surface area (Å²) in [6, 6.07) is 58.7. The first-order chi connectivity index (χ1) is 39.5. The van der Waals surface area contributed by atoms with Crippen molar-refractivity contribution in [3.05, 3.63) is 235 Å². The molecule has 11 rings (SSSR count). The van der Waals surface area contributed by atoms with Gasteiger partial charge in [0.15, 0.2) is 0 Å². The maximum atomic E-state index is 2.65. The molecule has 0 spiro atoms. The van der Waals surface area contributed by atoms with Gasteiger partial charge in [0.2, 0.25) is 0 Å². The van der Waals surface area contributed by atoms with E-state index in [9.17, 15) is 0 Å². The molecule has 81 heavy (non-hydrogen) atoms. The van der Waals surface area contributed by atoms with Crippen LogP contribution in [0.15, 0.2) is 146 Å². The number of rotatable bonds is 26. The minimum absolute atomic E-state index is 0.368. The third-order valence-electron chi connectivity index (χ3n) is 19.1. The second-order valence-corrected chi connectivity index (χ2v) is 25.2. The Morgan fingerprint density at radius 3 is 1.16 bits per heavy atom. The Balaban J connectivity index is 1.03. The number of fused-ring (bicyclic) bond motifs is 5. The van der Waals surface area contributed by atoms with E-state index in [1.807, 2.05) is 0 Å². The molecule has 0 aromatic heterocycles. The third kappa shape index (κ3) is 11.9. The molecule has 0 saturated carbocycles. The number of aryl methyl sites for hydroxylation is 13. The molecule has 0 heterocycles. The van der Waals surface area contributed by atoms with E-state index in [-0.39, 0.29) is 5.41 Å². The second kappa shape index (κ2) is 25.2. The van der Waals surface area contributed by atoms with Gasteiger partial charge >= 0.3 is 0 Å². The van der Waals surface area contributed by atoms with Crippen LogP contribution in [-0.2, 0) is 50.4 Å². The van der Waals surface area contributed by atoms with Crippen molar-refractivity contribution in [3.8, 4) is 11.1 Å². The highest BCUT2D eigenvalue weighted by atomic mass is 15.2. The number of benzene rings is 8. The molecule has 0 aliphatic heterocycles. The van der Waals surface area contributed by atoms with Gasteiger partial charge in [-0.05, 0) is 250 Å². The van der Waals surface area contributed by atoms with E-state index in [2.05, 4.69) is 211 Å². The van der Waals surface area contributed by atoms with Gasteiger partial charge < -0.3 is 9.80 Å². The van der Waals surface area contributed by atoms with Gasteiger partial charge in [-0.2, -0.15) is 0 Å². The average molecular weight is 1070 g/mol. The first-order valence-electron chi connectivity index (χ1n) is 32.0. The van der Waals surface area contributed by atoms with Crippen molar-refractivity contribution in [2.45, 2.75) is 202 Å². The Kier molecular flexibility index (Phi) is 17.5. The van der Waals surface area contributed by atoms with Crippen LogP contribution in [-0.4, -0.2) is 0 Å². The Morgan fingerprint density at radius 1 is 0.333 bits per heavy atom. The van der Waals surface area contributed by atoms with Crippen molar-refractivity contribution in [2.75, 3.05) is 9.80 Å². The highest BCUT2D eigenvalue weighted by Gasteiger charge is 2.46. The molecule has 0 radical (unpaired) electrons. The molecule has 8 aromatic carbocycles. The molecule has 418 valence electrons. The van der Waals surface area contributed by atoms with Gasteiger partial charge in [-0.3, -0.25) is 0 Å². The zero-order valence-electron chi connectivity index (χ0n) is 50.8. The van der Waals surface area contributed by atoms with Crippen LogP contribution < -0.4 is 9.80 Å². The van der Waals surface area contributed by atoms with Crippen LogP contribution in [0.25, 0.3) is 11.1 Å². The summed E-state index contributed by atoms with van der Waals surface area (Å²) in [5, 5.41) is 0. The van der Waals surface area contributed by atoms with Crippen LogP contribution >= 0.6 is 0 Å². The lowest BCUT2D eigenvalue weighted by Crippen LogP contribution is -2.29. The molecule has 0 amide bonds. The SMILES string of the molecule is CCCCCCc1cc(C)c(N(c2ccc(C)cc2)c2ccc3c(c2)C(CCCCCCCCc2ccc4c(c2)CC4)(c2ccc4c(c2)CC4)c2cc(N(c4ccc(C)cc4)c4c(C)cc(CCCCCC)cc4C)ccc2-3)c(C)c1. The van der Waals surface area contributed by atoms with E-state index < -0.39 is 0 Å². The van der Waals surface area contributed by atoms with E-state index in [4.69, 9.17) is 0 Å². The Hall–Kier alpha value is -6.64. The summed E-state index contributed by atoms with van der Waals surface area (Å²) in [6.07, 6.45) is 27.1. The van der Waals surface area contributed by atoms with Gasteiger partial charge in [0.05, 0.1) is 11.4 Å². The van der Waals surface area contributed by atoms with Crippen LogP contribution in [0.3, 0.4) is 0 Å². The number of nitrogens with zero attached hydrogens (tertiary/aromatic N) is 2. The quantitative estimate of drug-likeness (QED) is 0.0499. The van der Waals surface area contributed by atoms with Gasteiger partial charge in [0.1, 0.15) is 0 Å². The standard InChI is InChI=1S/C79H92N2/c1-9-11-13-19-24-62-47-57(5)77(58(6)48-62)80(69-38-26-55(3)27-39-69)71-42-44-73-74-45-43-72(81(70-40-28-56(4)29-41-70)78-59(7)49-63(50-60(78)8)25-20-14-12-10-2)54-76(74)79(75(73)53-71,68-37-36-65-33-35-67(65)52-68)46-22-18-16-15-17-21-23-61-30-31-64-32-34-66(64)51-61/h26-31,36-45,47-54H,9-25,32-35,46H2,1-8H3. The average Bonchev–Trinajstić information content (AvgIpc) is 2.41. The highest BCUT2D eigenvalue weighted by Crippen LogP contribution is 2.58. The van der Waals surface area contributed by atoms with Crippen LogP contribution in [0.1, 0.15) is 199 Å². The molecule has 0 unspecified atom stereocenters. The number of hydrogen-bond acceptors (Lipinski definition) is 2. The molecule has 0 bridgehead atoms. The number of unbranched alkanes of at least 4 members (excludes halogenated alkanes) is 11. The van der Waals surface area contributed by atoms with Crippen molar-refractivity contribution < 1.29 is 0 Å². The van der Waals surface area contributed by atoms with Crippen molar-refractivity contribution in [2.24, 2.45) is 0 Å². The van der Waals surface area contributed by atoms with Crippen molar-refractivity contribution in [1.29, 1.82) is 0 Å². The fraction of sp³-hybridized carbons (Fsp3) is 0.392. The van der Waals surface area contributed by atoms with Crippen molar-refractivity contribution >= 4 is 34.1 Å². The molecule has 2 nitrogen and oxygen atoms in total. The highest BCUT2D eigenvalue weighted by molar-refractivity contribution is 5.91. The first-order valence-corrected chi connectivity index (χ1v) is 32.0. The lowest BCUT2D eigenvalue weighted by atomic mass is 9.67. The van der Waals surface area contributed by atoms with Gasteiger partial charge in [-0.25, -0.2) is 0 Å². The van der Waals surface area contributed by atoms with Gasteiger partial charge in [-0.15, -0.1) is 0 Å². The third-order valence-corrected chi connectivity index (χ3v) is 19.1. The zero-order chi connectivity index (χ0) is 56.0. The van der Waals surface area contributed by atoms with E-state index >= 15 is 0 Å². The number of hydrogen-bond donors (Lipinski definition) is 0. The lowest BCUT2D eigenvalue weighted by Gasteiger charge is -2.37. The van der Waals surface area contributed by atoms with Gasteiger partial charge in [0.25, 0.3) is 0 Å². The topological polar surface area (TPSA) is 6.48 Å². The summed E-state index contributed by atoms with van der Waals surface area (Å²) in [5.74, 6) is 0. The minimum atomic E-state index is -0.368. The molecule has 3 aliphatic carbocycles. The molecular weight excluding hydrogens is 977 g/mol. The van der Waals surface area contributed by atoms with Crippen molar-refractivity contribution in [3.63, 3.8) is 0 Å². The summed E-state index contributed by atoms with van der Waals surface area (Å²) >= 11 is 0. The Bertz CT molecular complexity index is 3270. The Labute approximate surface area is 489 Å². The summed E-state index contributed by atoms with van der Waals surface area (Å²) in [5.41, 5.74) is 32.8. The summed E-state index contributed by atoms with van der Waals surface area (Å²) < 4.78 is 0. The molecule has 8 aromatic rings. The normalized spacial score (nSPS) is 13.5. The molecule has 0 saturated heterocycles. The molecule has 0 N–H and O–H groups in total. The van der Waals surface area contributed by atoms with E-state index in [1.54, 1.807) is 11.1 Å². The summed E-state index contributed by atoms with van der Waals surface area (Å²) in [7, 11) is 0. The predicted molar refractivity (Wildman–Crippen MR) is 349 cm³/mol. The van der Waals surface area contributed by atoms with Crippen LogP contribution in [0.2, 0.25) is 0 Å². The smallest absolute Gasteiger partial charge is 0.0520 e. The predicted octanol–water partition coefficient (Wildman–Crippen LogP) is 22.2. The molecule has 0 fully saturated rings. The molecule has 3 aliphatic rings. The fourth-order valence-electron chi connectivity index (χ4n) is 14.5. The maximum Gasteiger partial charge on any atom is 0.0520 e. The second-order valence-electron chi connectivity index (χ2n) is 25.2. The van der Waals surface area contributed by atoms with E-state index in [1.165, 1.54) is 232 Å². The first kappa shape index (κ1) is 56.2. The zero-order valence-corrected chi connectivity index (χ0v) is 50.8. The van der Waals surface area contributed by atoms with E-state index in [0.717, 1.165) is 32.1 Å². The van der Waals surface area contributed by atoms with Crippen LogP contribution in [0, 0.1) is 41.5 Å². The van der Waals surface area contributed by atoms with Crippen LogP contribution in [0.4, 0.5) is 34.1 Å². The monoisotopic (exact) mass is 1070 g/mol. The minimum Gasteiger partial charge on any atom is -0.310 e. The molecular formula is C79H92N2. The lowest BCUT2D eigenvalue weighted by molar-refractivity contribution is 0.503. The summed E-state index contributed by atoms with van der Waals surface area (Å²) in [4.78, 5) is 5.20. The fourth-order valence-corrected chi connectivity index (χ4v) is 14.5. The van der Waals surface area contributed by atoms with Gasteiger partial charge in [0, 0.05) is 28.2 Å². The maximum absolute atomic E-state index is 2.65.